The number of nitrogens with two attached hydrogens (primary N) is 1. The Morgan fingerprint density at radius 2 is 2.06 bits per heavy atom. The van der Waals surface area contributed by atoms with Gasteiger partial charge in [-0.2, -0.15) is 0 Å². The van der Waals surface area contributed by atoms with E-state index in [9.17, 15) is 0 Å². The summed E-state index contributed by atoms with van der Waals surface area (Å²) >= 11 is 6.14. The quantitative estimate of drug-likeness (QED) is 0.848. The molecule has 0 bridgehead atoms. The second-order valence-corrected chi connectivity index (χ2v) is 4.60. The van der Waals surface area contributed by atoms with E-state index < -0.39 is 0 Å². The van der Waals surface area contributed by atoms with Crippen molar-refractivity contribution in [2.75, 3.05) is 0 Å². The maximum atomic E-state index is 6.14. The molecule has 2 unspecified atom stereocenters. The molecule has 0 aliphatic heterocycles. The number of benzene rings is 1. The number of hydrogen-bond donors (Lipinski definition) is 1. The van der Waals surface area contributed by atoms with Crippen LogP contribution < -0.4 is 10.5 Å². The van der Waals surface area contributed by atoms with Crippen LogP contribution in [0.5, 0.6) is 5.75 Å². The Kier molecular flexibility index (Phi) is 5.10. The van der Waals surface area contributed by atoms with Crippen LogP contribution in [0.1, 0.15) is 45.2 Å². The summed E-state index contributed by atoms with van der Waals surface area (Å²) in [7, 11) is 0. The molecule has 16 heavy (non-hydrogen) atoms. The molecule has 0 aliphatic carbocycles. The first-order chi connectivity index (χ1) is 7.54. The predicted octanol–water partition coefficient (Wildman–Crippen LogP) is 3.93. The predicted molar refractivity (Wildman–Crippen MR) is 69.1 cm³/mol. The van der Waals surface area contributed by atoms with Gasteiger partial charge in [0.15, 0.2) is 0 Å². The van der Waals surface area contributed by atoms with Crippen LogP contribution in [-0.4, -0.2) is 6.10 Å². The van der Waals surface area contributed by atoms with Gasteiger partial charge >= 0.3 is 0 Å². The van der Waals surface area contributed by atoms with Gasteiger partial charge in [0, 0.05) is 6.04 Å². The van der Waals surface area contributed by atoms with Gasteiger partial charge in [-0.15, -0.1) is 0 Å². The van der Waals surface area contributed by atoms with Gasteiger partial charge in [-0.25, -0.2) is 0 Å². The molecule has 1 aromatic rings. The third-order valence-corrected chi connectivity index (χ3v) is 2.80. The van der Waals surface area contributed by atoms with Crippen LogP contribution in [0, 0.1) is 0 Å². The van der Waals surface area contributed by atoms with Gasteiger partial charge in [-0.05, 0) is 38.0 Å². The van der Waals surface area contributed by atoms with E-state index in [0.717, 1.165) is 24.2 Å². The van der Waals surface area contributed by atoms with E-state index in [2.05, 4.69) is 13.8 Å². The van der Waals surface area contributed by atoms with Gasteiger partial charge in [0.25, 0.3) is 0 Å². The lowest BCUT2D eigenvalue weighted by atomic mass is 10.1. The molecule has 0 saturated heterocycles. The number of halogens is 1. The highest BCUT2D eigenvalue weighted by Crippen LogP contribution is 2.28. The first-order valence-electron chi connectivity index (χ1n) is 5.76. The molecule has 1 aromatic carbocycles. The van der Waals surface area contributed by atoms with Crippen molar-refractivity contribution < 1.29 is 4.74 Å². The van der Waals surface area contributed by atoms with Crippen LogP contribution >= 0.6 is 11.6 Å². The minimum Gasteiger partial charge on any atom is -0.489 e. The van der Waals surface area contributed by atoms with E-state index in [1.54, 1.807) is 0 Å². The average Bonchev–Trinajstić information content (AvgIpc) is 2.21. The van der Waals surface area contributed by atoms with Crippen molar-refractivity contribution in [3.63, 3.8) is 0 Å². The molecular formula is C13H20ClNO. The smallest absolute Gasteiger partial charge is 0.138 e. The maximum Gasteiger partial charge on any atom is 0.138 e. The van der Waals surface area contributed by atoms with E-state index in [1.807, 2.05) is 25.1 Å². The first kappa shape index (κ1) is 13.3. The van der Waals surface area contributed by atoms with E-state index in [1.165, 1.54) is 0 Å². The zero-order valence-electron chi connectivity index (χ0n) is 10.2. The van der Waals surface area contributed by atoms with Gasteiger partial charge in [0.1, 0.15) is 5.75 Å². The van der Waals surface area contributed by atoms with Crippen molar-refractivity contribution in [1.82, 2.24) is 0 Å². The molecule has 0 amide bonds. The average molecular weight is 242 g/mol. The summed E-state index contributed by atoms with van der Waals surface area (Å²) in [6.07, 6.45) is 2.34. The monoisotopic (exact) mass is 241 g/mol. The van der Waals surface area contributed by atoms with Crippen molar-refractivity contribution in [2.45, 2.75) is 45.8 Å². The fourth-order valence-corrected chi connectivity index (χ4v) is 1.81. The second kappa shape index (κ2) is 6.12. The van der Waals surface area contributed by atoms with Gasteiger partial charge < -0.3 is 10.5 Å². The minimum atomic E-state index is -0.000356. The van der Waals surface area contributed by atoms with Gasteiger partial charge in [-0.3, -0.25) is 0 Å². The maximum absolute atomic E-state index is 6.14. The Labute approximate surface area is 103 Å². The Balaban J connectivity index is 2.75. The molecule has 0 radical (unpaired) electrons. The summed E-state index contributed by atoms with van der Waals surface area (Å²) < 4.78 is 5.75. The van der Waals surface area contributed by atoms with Crippen LogP contribution in [-0.2, 0) is 0 Å². The molecule has 1 rings (SSSR count). The molecule has 0 fully saturated rings. The molecule has 2 atom stereocenters. The lowest BCUT2D eigenvalue weighted by Gasteiger charge is -2.16. The number of hydrogen-bond acceptors (Lipinski definition) is 2. The molecular weight excluding hydrogens is 222 g/mol. The summed E-state index contributed by atoms with van der Waals surface area (Å²) in [5.74, 6) is 0.743. The highest BCUT2D eigenvalue weighted by atomic mass is 35.5. The van der Waals surface area contributed by atoms with Gasteiger partial charge in [-0.1, -0.05) is 31.0 Å². The molecule has 2 N–H and O–H groups in total. The number of ether oxygens (including phenoxy) is 1. The zero-order chi connectivity index (χ0) is 12.1. The Bertz CT molecular complexity index is 339. The molecule has 0 heterocycles. The summed E-state index contributed by atoms with van der Waals surface area (Å²) in [4.78, 5) is 0. The third kappa shape index (κ3) is 3.69. The Hall–Kier alpha value is -0.730. The van der Waals surface area contributed by atoms with E-state index in [-0.39, 0.29) is 12.1 Å². The minimum absolute atomic E-state index is 0.000356. The van der Waals surface area contributed by atoms with Gasteiger partial charge in [0.2, 0.25) is 0 Å². The highest BCUT2D eigenvalue weighted by molar-refractivity contribution is 6.32. The molecule has 0 spiro atoms. The molecule has 2 nitrogen and oxygen atoms in total. The molecule has 0 saturated carbocycles. The summed E-state index contributed by atoms with van der Waals surface area (Å²) in [5.41, 5.74) is 6.81. The zero-order valence-corrected chi connectivity index (χ0v) is 10.9. The van der Waals surface area contributed by atoms with Crippen molar-refractivity contribution in [3.05, 3.63) is 28.8 Å². The van der Waals surface area contributed by atoms with Crippen LogP contribution in [0.2, 0.25) is 5.02 Å². The fraction of sp³-hybridized carbons (Fsp3) is 0.538. The molecule has 0 aromatic heterocycles. The number of rotatable bonds is 5. The molecule has 0 aliphatic rings. The largest absolute Gasteiger partial charge is 0.489 e. The molecule has 90 valence electrons. The van der Waals surface area contributed by atoms with E-state index >= 15 is 0 Å². The first-order valence-corrected chi connectivity index (χ1v) is 6.14. The van der Waals surface area contributed by atoms with Crippen molar-refractivity contribution in [2.24, 2.45) is 5.73 Å². The normalized spacial score (nSPS) is 14.6. The summed E-state index contributed by atoms with van der Waals surface area (Å²) in [6, 6.07) is 5.73. The van der Waals surface area contributed by atoms with Crippen LogP contribution in [0.3, 0.4) is 0 Å². The standard InChI is InChI=1S/C13H20ClNO/c1-4-5-9(2)16-13-7-6-11(10(3)15)8-12(13)14/h6-10H,4-5,15H2,1-3H3. The second-order valence-electron chi connectivity index (χ2n) is 4.20. The van der Waals surface area contributed by atoms with Crippen LogP contribution in [0.4, 0.5) is 0 Å². The fourth-order valence-electron chi connectivity index (χ4n) is 1.58. The van der Waals surface area contributed by atoms with E-state index in [0.29, 0.717) is 5.02 Å². The summed E-state index contributed by atoms with van der Waals surface area (Å²) in [6.45, 7) is 6.13. The van der Waals surface area contributed by atoms with Crippen LogP contribution in [0.25, 0.3) is 0 Å². The SMILES string of the molecule is CCCC(C)Oc1ccc(C(C)N)cc1Cl. The molecule has 3 heteroatoms. The van der Waals surface area contributed by atoms with Crippen molar-refractivity contribution >= 4 is 11.6 Å². The van der Waals surface area contributed by atoms with Crippen molar-refractivity contribution in [1.29, 1.82) is 0 Å². The Morgan fingerprint density at radius 3 is 2.56 bits per heavy atom. The highest BCUT2D eigenvalue weighted by Gasteiger charge is 2.08. The summed E-state index contributed by atoms with van der Waals surface area (Å²) in [5, 5.41) is 0.637. The van der Waals surface area contributed by atoms with Crippen molar-refractivity contribution in [3.8, 4) is 5.75 Å². The lowest BCUT2D eigenvalue weighted by Crippen LogP contribution is -2.11. The Morgan fingerprint density at radius 1 is 1.38 bits per heavy atom. The van der Waals surface area contributed by atoms with Crippen LogP contribution in [0.15, 0.2) is 18.2 Å². The third-order valence-electron chi connectivity index (χ3n) is 2.51. The van der Waals surface area contributed by atoms with Gasteiger partial charge in [0.05, 0.1) is 11.1 Å². The lowest BCUT2D eigenvalue weighted by molar-refractivity contribution is 0.210. The van der Waals surface area contributed by atoms with E-state index in [4.69, 9.17) is 22.1 Å². The topological polar surface area (TPSA) is 35.2 Å².